The number of oxazole rings is 1. The van der Waals surface area contributed by atoms with Crippen LogP contribution in [0.1, 0.15) is 43.6 Å². The van der Waals surface area contributed by atoms with Gasteiger partial charge in [0.25, 0.3) is 0 Å². The lowest BCUT2D eigenvalue weighted by atomic mass is 10.00. The maximum atomic E-state index is 13.4. The van der Waals surface area contributed by atoms with E-state index in [4.69, 9.17) is 4.42 Å². The van der Waals surface area contributed by atoms with Crippen molar-refractivity contribution in [3.05, 3.63) is 53.9 Å². The van der Waals surface area contributed by atoms with E-state index in [0.717, 1.165) is 48.0 Å². The molecule has 0 radical (unpaired) electrons. The van der Waals surface area contributed by atoms with Crippen molar-refractivity contribution in [2.75, 3.05) is 24.5 Å². The standard InChI is InChI=1S/C23H25N3O4S/c1-16(27)26-13-5-6-17-14-19(10-11-21(17)26)31(28,29)25-12-4-7-18(15-25)23-24-20-8-2-3-9-22(20)30-23/h2-3,8-11,14,18H,4-7,12-13,15H2,1H3. The molecule has 1 fully saturated rings. The number of carbonyl (C=O) groups is 1. The van der Waals surface area contributed by atoms with Gasteiger partial charge in [-0.1, -0.05) is 12.1 Å². The molecule has 2 aliphatic heterocycles. The molecule has 8 heteroatoms. The number of anilines is 1. The summed E-state index contributed by atoms with van der Waals surface area (Å²) in [6, 6.07) is 12.7. The van der Waals surface area contributed by atoms with Crippen LogP contribution in [-0.2, 0) is 21.2 Å². The average molecular weight is 440 g/mol. The molecule has 1 saturated heterocycles. The van der Waals surface area contributed by atoms with Crippen LogP contribution >= 0.6 is 0 Å². The van der Waals surface area contributed by atoms with Gasteiger partial charge >= 0.3 is 0 Å². The highest BCUT2D eigenvalue weighted by molar-refractivity contribution is 7.89. The van der Waals surface area contributed by atoms with Gasteiger partial charge in [0.15, 0.2) is 11.5 Å². The van der Waals surface area contributed by atoms with Gasteiger partial charge in [-0.05, 0) is 61.6 Å². The summed E-state index contributed by atoms with van der Waals surface area (Å²) >= 11 is 0. The molecular formula is C23H25N3O4S. The Morgan fingerprint density at radius 2 is 1.97 bits per heavy atom. The Morgan fingerprint density at radius 3 is 2.77 bits per heavy atom. The summed E-state index contributed by atoms with van der Waals surface area (Å²) in [5, 5.41) is 0. The number of hydrogen-bond donors (Lipinski definition) is 0. The van der Waals surface area contributed by atoms with Gasteiger partial charge in [-0.2, -0.15) is 4.31 Å². The Bertz CT molecular complexity index is 1220. The van der Waals surface area contributed by atoms with E-state index in [1.165, 1.54) is 0 Å². The molecule has 1 aromatic heterocycles. The predicted molar refractivity (Wildman–Crippen MR) is 118 cm³/mol. The number of piperidine rings is 1. The third-order valence-electron chi connectivity index (χ3n) is 6.23. The Hall–Kier alpha value is -2.71. The highest BCUT2D eigenvalue weighted by atomic mass is 32.2. The molecule has 5 rings (SSSR count). The minimum Gasteiger partial charge on any atom is -0.440 e. The van der Waals surface area contributed by atoms with E-state index in [-0.39, 0.29) is 16.7 Å². The zero-order valence-corrected chi connectivity index (χ0v) is 18.3. The van der Waals surface area contributed by atoms with Gasteiger partial charge in [0, 0.05) is 38.2 Å². The van der Waals surface area contributed by atoms with Crippen LogP contribution in [-0.4, -0.2) is 43.2 Å². The van der Waals surface area contributed by atoms with E-state index in [9.17, 15) is 13.2 Å². The number of fused-ring (bicyclic) bond motifs is 2. The minimum atomic E-state index is -3.64. The number of para-hydroxylation sites is 2. The van der Waals surface area contributed by atoms with Crippen LogP contribution in [0.2, 0.25) is 0 Å². The number of rotatable bonds is 3. The normalized spacial score (nSPS) is 20.0. The van der Waals surface area contributed by atoms with Crippen molar-refractivity contribution in [1.82, 2.24) is 9.29 Å². The number of aromatic nitrogens is 1. The molecule has 2 aliphatic rings. The van der Waals surface area contributed by atoms with Crippen LogP contribution in [0.3, 0.4) is 0 Å². The molecule has 1 amide bonds. The maximum absolute atomic E-state index is 13.4. The summed E-state index contributed by atoms with van der Waals surface area (Å²) in [6.45, 7) is 3.05. The zero-order chi connectivity index (χ0) is 21.6. The zero-order valence-electron chi connectivity index (χ0n) is 17.5. The molecule has 3 heterocycles. The predicted octanol–water partition coefficient (Wildman–Crippen LogP) is 3.70. The van der Waals surface area contributed by atoms with Gasteiger partial charge in [0.05, 0.1) is 4.90 Å². The molecule has 1 unspecified atom stereocenters. The molecule has 31 heavy (non-hydrogen) atoms. The molecule has 0 N–H and O–H groups in total. The number of nitrogens with zero attached hydrogens (tertiary/aromatic N) is 3. The fourth-order valence-electron chi connectivity index (χ4n) is 4.64. The largest absolute Gasteiger partial charge is 0.440 e. The third kappa shape index (κ3) is 3.64. The van der Waals surface area contributed by atoms with E-state index >= 15 is 0 Å². The lowest BCUT2D eigenvalue weighted by Gasteiger charge is -2.32. The van der Waals surface area contributed by atoms with Crippen LogP contribution < -0.4 is 4.90 Å². The van der Waals surface area contributed by atoms with Crippen molar-refractivity contribution in [1.29, 1.82) is 0 Å². The van der Waals surface area contributed by atoms with Crippen molar-refractivity contribution < 1.29 is 17.6 Å². The lowest BCUT2D eigenvalue weighted by molar-refractivity contribution is -0.116. The Morgan fingerprint density at radius 1 is 1.13 bits per heavy atom. The van der Waals surface area contributed by atoms with E-state index in [2.05, 4.69) is 4.98 Å². The number of amides is 1. The van der Waals surface area contributed by atoms with Gasteiger partial charge in [0.1, 0.15) is 5.52 Å². The van der Waals surface area contributed by atoms with E-state index in [0.29, 0.717) is 25.5 Å². The van der Waals surface area contributed by atoms with Crippen molar-refractivity contribution in [2.24, 2.45) is 0 Å². The Kier molecular flexibility index (Phi) is 5.06. The smallest absolute Gasteiger partial charge is 0.243 e. The molecule has 0 bridgehead atoms. The number of sulfonamides is 1. The molecule has 0 saturated carbocycles. The monoisotopic (exact) mass is 439 g/mol. The van der Waals surface area contributed by atoms with Crippen molar-refractivity contribution in [2.45, 2.75) is 43.4 Å². The molecular weight excluding hydrogens is 414 g/mol. The highest BCUT2D eigenvalue weighted by Gasteiger charge is 2.34. The molecule has 3 aromatic rings. The minimum absolute atomic E-state index is 0.0197. The average Bonchev–Trinajstić information content (AvgIpc) is 3.22. The van der Waals surface area contributed by atoms with Crippen LogP contribution in [0, 0.1) is 0 Å². The molecule has 0 spiro atoms. The number of aryl methyl sites for hydroxylation is 1. The first kappa shape index (κ1) is 20.2. The molecule has 2 aromatic carbocycles. The van der Waals surface area contributed by atoms with Crippen LogP contribution in [0.15, 0.2) is 51.8 Å². The first-order chi connectivity index (χ1) is 14.9. The first-order valence-corrected chi connectivity index (χ1v) is 12.1. The number of carbonyl (C=O) groups excluding carboxylic acids is 1. The quantitative estimate of drug-likeness (QED) is 0.621. The van der Waals surface area contributed by atoms with Gasteiger partial charge in [-0.15, -0.1) is 0 Å². The first-order valence-electron chi connectivity index (χ1n) is 10.7. The van der Waals surface area contributed by atoms with Crippen LogP contribution in [0.5, 0.6) is 0 Å². The second kappa shape index (κ2) is 7.76. The fourth-order valence-corrected chi connectivity index (χ4v) is 6.21. The summed E-state index contributed by atoms with van der Waals surface area (Å²) in [5.41, 5.74) is 3.25. The van der Waals surface area contributed by atoms with Crippen LogP contribution in [0.25, 0.3) is 11.1 Å². The van der Waals surface area contributed by atoms with Gasteiger partial charge in [-0.3, -0.25) is 4.79 Å². The number of hydrogen-bond acceptors (Lipinski definition) is 5. The SMILES string of the molecule is CC(=O)N1CCCc2cc(S(=O)(=O)N3CCCC(c4nc5ccccc5o4)C3)ccc21. The second-order valence-electron chi connectivity index (χ2n) is 8.29. The van der Waals surface area contributed by atoms with Crippen molar-refractivity contribution in [3.63, 3.8) is 0 Å². The summed E-state index contributed by atoms with van der Waals surface area (Å²) in [4.78, 5) is 18.5. The van der Waals surface area contributed by atoms with Crippen LogP contribution in [0.4, 0.5) is 5.69 Å². The van der Waals surface area contributed by atoms with E-state index in [1.54, 1.807) is 34.3 Å². The summed E-state index contributed by atoms with van der Waals surface area (Å²) in [7, 11) is -3.64. The summed E-state index contributed by atoms with van der Waals surface area (Å²) in [5.74, 6) is 0.513. The Balaban J connectivity index is 1.42. The van der Waals surface area contributed by atoms with Gasteiger partial charge < -0.3 is 9.32 Å². The fraction of sp³-hybridized carbons (Fsp3) is 0.391. The Labute approximate surface area is 181 Å². The van der Waals surface area contributed by atoms with Crippen molar-refractivity contribution in [3.8, 4) is 0 Å². The summed E-state index contributed by atoms with van der Waals surface area (Å²) in [6.07, 6.45) is 3.20. The molecule has 162 valence electrons. The van der Waals surface area contributed by atoms with Gasteiger partial charge in [0.2, 0.25) is 15.9 Å². The maximum Gasteiger partial charge on any atom is 0.243 e. The molecule has 0 aliphatic carbocycles. The van der Waals surface area contributed by atoms with E-state index < -0.39 is 10.0 Å². The van der Waals surface area contributed by atoms with Crippen molar-refractivity contribution >= 4 is 32.7 Å². The lowest BCUT2D eigenvalue weighted by Crippen LogP contribution is -2.39. The molecule has 7 nitrogen and oxygen atoms in total. The number of benzene rings is 2. The van der Waals surface area contributed by atoms with Gasteiger partial charge in [-0.25, -0.2) is 13.4 Å². The highest BCUT2D eigenvalue weighted by Crippen LogP contribution is 2.34. The topological polar surface area (TPSA) is 83.7 Å². The second-order valence-corrected chi connectivity index (χ2v) is 10.2. The molecule has 1 atom stereocenters. The third-order valence-corrected chi connectivity index (χ3v) is 8.09. The summed E-state index contributed by atoms with van der Waals surface area (Å²) < 4.78 is 34.3. The van der Waals surface area contributed by atoms with E-state index in [1.807, 2.05) is 24.3 Å².